The fourth-order valence-corrected chi connectivity index (χ4v) is 2.53. The molecule has 2 unspecified atom stereocenters. The van der Waals surface area contributed by atoms with E-state index in [2.05, 4.69) is 16.9 Å². The highest BCUT2D eigenvalue weighted by molar-refractivity contribution is 7.80. The van der Waals surface area contributed by atoms with Crippen LogP contribution in [0.25, 0.3) is 0 Å². The molecule has 2 atom stereocenters. The van der Waals surface area contributed by atoms with E-state index in [0.717, 1.165) is 18.5 Å². The summed E-state index contributed by atoms with van der Waals surface area (Å²) in [6.07, 6.45) is 1.69. The highest BCUT2D eigenvalue weighted by Crippen LogP contribution is 2.25. The summed E-state index contributed by atoms with van der Waals surface area (Å²) >= 11 is 4.97. The van der Waals surface area contributed by atoms with Crippen LogP contribution >= 0.6 is 12.2 Å². The fraction of sp³-hybridized carbons (Fsp3) is 0.538. The molecule has 0 radical (unpaired) electrons. The number of carbonyl (C=O) groups is 1. The first kappa shape index (κ1) is 14.6. The number of hydrogen-bond donors (Lipinski definition) is 2. The first-order valence-electron chi connectivity index (χ1n) is 6.60. The molecule has 1 aromatic heterocycles. The van der Waals surface area contributed by atoms with Crippen LogP contribution in [0.2, 0.25) is 0 Å². The predicted molar refractivity (Wildman–Crippen MR) is 81.4 cm³/mol. The van der Waals surface area contributed by atoms with E-state index in [1.165, 1.54) is 0 Å². The zero-order chi connectivity index (χ0) is 14.9. The van der Waals surface area contributed by atoms with Gasteiger partial charge in [-0.25, -0.2) is 9.97 Å². The van der Waals surface area contributed by atoms with Crippen LogP contribution in [-0.4, -0.2) is 33.5 Å². The number of primary amides is 1. The van der Waals surface area contributed by atoms with Crippen molar-refractivity contribution < 1.29 is 4.79 Å². The van der Waals surface area contributed by atoms with Gasteiger partial charge < -0.3 is 16.4 Å². The van der Waals surface area contributed by atoms with Crippen molar-refractivity contribution in [2.24, 2.45) is 17.4 Å². The summed E-state index contributed by atoms with van der Waals surface area (Å²) in [6, 6.07) is 2.01. The minimum Gasteiger partial charge on any atom is -0.388 e. The Morgan fingerprint density at radius 1 is 1.40 bits per heavy atom. The Morgan fingerprint density at radius 2 is 2.10 bits per heavy atom. The molecule has 0 bridgehead atoms. The molecule has 1 aliphatic rings. The van der Waals surface area contributed by atoms with Gasteiger partial charge in [0.25, 0.3) is 0 Å². The van der Waals surface area contributed by atoms with Crippen molar-refractivity contribution >= 4 is 29.1 Å². The van der Waals surface area contributed by atoms with Gasteiger partial charge in [0.05, 0.1) is 5.92 Å². The van der Waals surface area contributed by atoms with Crippen LogP contribution in [0, 0.1) is 12.8 Å². The second-order valence-electron chi connectivity index (χ2n) is 5.24. The molecule has 2 heterocycles. The average Bonchev–Trinajstić information content (AvgIpc) is 2.38. The third-order valence-corrected chi connectivity index (χ3v) is 3.85. The number of rotatable bonds is 3. The molecule has 0 saturated carbocycles. The molecule has 108 valence electrons. The molecule has 4 N–H and O–H groups in total. The van der Waals surface area contributed by atoms with Crippen LogP contribution in [0.1, 0.15) is 31.2 Å². The lowest BCUT2D eigenvalue weighted by atomic mass is 9.93. The van der Waals surface area contributed by atoms with Crippen LogP contribution in [0.4, 0.5) is 5.95 Å². The molecule has 1 amide bonds. The molecular weight excluding hydrogens is 274 g/mol. The van der Waals surface area contributed by atoms with Gasteiger partial charge in [0.15, 0.2) is 0 Å². The fourth-order valence-electron chi connectivity index (χ4n) is 2.43. The summed E-state index contributed by atoms with van der Waals surface area (Å²) < 4.78 is 0. The van der Waals surface area contributed by atoms with Crippen LogP contribution in [-0.2, 0) is 4.79 Å². The SMILES string of the molecule is Cc1cc(C(N)=S)nc(N2CC(C(N)=O)CCC2C)n1. The molecule has 2 rings (SSSR count). The van der Waals surface area contributed by atoms with Gasteiger partial charge in [-0.3, -0.25) is 4.79 Å². The Labute approximate surface area is 123 Å². The van der Waals surface area contributed by atoms with Crippen molar-refractivity contribution in [3.05, 3.63) is 17.5 Å². The van der Waals surface area contributed by atoms with Crippen molar-refractivity contribution in [3.8, 4) is 0 Å². The maximum atomic E-state index is 11.4. The van der Waals surface area contributed by atoms with Gasteiger partial charge in [-0.1, -0.05) is 12.2 Å². The lowest BCUT2D eigenvalue weighted by Crippen LogP contribution is -2.46. The Morgan fingerprint density at radius 3 is 2.70 bits per heavy atom. The van der Waals surface area contributed by atoms with E-state index in [0.29, 0.717) is 18.2 Å². The second-order valence-corrected chi connectivity index (χ2v) is 5.68. The van der Waals surface area contributed by atoms with Crippen LogP contribution < -0.4 is 16.4 Å². The summed E-state index contributed by atoms with van der Waals surface area (Å²) in [6.45, 7) is 4.49. The van der Waals surface area contributed by atoms with E-state index in [1.54, 1.807) is 6.07 Å². The van der Waals surface area contributed by atoms with Crippen molar-refractivity contribution in [1.82, 2.24) is 9.97 Å². The van der Waals surface area contributed by atoms with E-state index in [4.69, 9.17) is 23.7 Å². The summed E-state index contributed by atoms with van der Waals surface area (Å²) in [5.41, 5.74) is 12.4. The maximum absolute atomic E-state index is 11.4. The van der Waals surface area contributed by atoms with E-state index in [1.807, 2.05) is 11.8 Å². The molecule has 1 aliphatic heterocycles. The molecule has 7 heteroatoms. The largest absolute Gasteiger partial charge is 0.388 e. The first-order valence-corrected chi connectivity index (χ1v) is 7.00. The van der Waals surface area contributed by atoms with Gasteiger partial charge in [-0.2, -0.15) is 0 Å². The number of aryl methyl sites for hydroxylation is 1. The van der Waals surface area contributed by atoms with Crippen molar-refractivity contribution in [3.63, 3.8) is 0 Å². The molecule has 1 saturated heterocycles. The first-order chi connectivity index (χ1) is 9.38. The predicted octanol–water partition coefficient (Wildman–Crippen LogP) is 0.509. The molecular formula is C13H19N5OS. The third kappa shape index (κ3) is 3.04. The standard InChI is InChI=1S/C13H19N5OS/c1-7-5-10(12(15)20)17-13(16-7)18-6-9(11(14)19)4-3-8(18)2/h5,8-9H,3-4,6H2,1-2H3,(H2,14,19)(H2,15,20). The molecule has 1 fully saturated rings. The minimum atomic E-state index is -0.274. The van der Waals surface area contributed by atoms with E-state index < -0.39 is 0 Å². The quantitative estimate of drug-likeness (QED) is 0.788. The Kier molecular flexibility index (Phi) is 4.17. The summed E-state index contributed by atoms with van der Waals surface area (Å²) in [5.74, 6) is 0.124. The molecule has 0 spiro atoms. The maximum Gasteiger partial charge on any atom is 0.226 e. The molecule has 0 aromatic carbocycles. The smallest absolute Gasteiger partial charge is 0.226 e. The highest BCUT2D eigenvalue weighted by atomic mass is 32.1. The van der Waals surface area contributed by atoms with Gasteiger partial charge >= 0.3 is 0 Å². The van der Waals surface area contributed by atoms with Crippen molar-refractivity contribution in [2.75, 3.05) is 11.4 Å². The Balaban J connectivity index is 2.33. The number of piperidine rings is 1. The minimum absolute atomic E-state index is 0.163. The van der Waals surface area contributed by atoms with Crippen LogP contribution in [0.15, 0.2) is 6.07 Å². The number of hydrogen-bond acceptors (Lipinski definition) is 5. The van der Waals surface area contributed by atoms with Crippen LogP contribution in [0.3, 0.4) is 0 Å². The number of nitrogens with zero attached hydrogens (tertiary/aromatic N) is 3. The number of amides is 1. The number of carbonyl (C=O) groups excluding carboxylic acids is 1. The average molecular weight is 293 g/mol. The second kappa shape index (κ2) is 5.70. The topological polar surface area (TPSA) is 98.1 Å². The Hall–Kier alpha value is -1.76. The Bertz CT molecular complexity index is 548. The lowest BCUT2D eigenvalue weighted by Gasteiger charge is -2.37. The van der Waals surface area contributed by atoms with Crippen molar-refractivity contribution in [2.45, 2.75) is 32.7 Å². The van der Waals surface area contributed by atoms with Crippen molar-refractivity contribution in [1.29, 1.82) is 0 Å². The van der Waals surface area contributed by atoms with E-state index in [9.17, 15) is 4.79 Å². The van der Waals surface area contributed by atoms with Gasteiger partial charge in [-0.15, -0.1) is 0 Å². The normalized spacial score (nSPS) is 22.6. The van der Waals surface area contributed by atoms with Gasteiger partial charge in [0.1, 0.15) is 10.7 Å². The van der Waals surface area contributed by atoms with Gasteiger partial charge in [0.2, 0.25) is 11.9 Å². The van der Waals surface area contributed by atoms with Gasteiger partial charge in [-0.05, 0) is 32.8 Å². The summed E-state index contributed by atoms with van der Waals surface area (Å²) in [5, 5.41) is 0. The number of anilines is 1. The number of nitrogens with two attached hydrogens (primary N) is 2. The molecule has 6 nitrogen and oxygen atoms in total. The molecule has 1 aromatic rings. The van der Waals surface area contributed by atoms with E-state index >= 15 is 0 Å². The molecule has 0 aliphatic carbocycles. The highest BCUT2D eigenvalue weighted by Gasteiger charge is 2.30. The third-order valence-electron chi connectivity index (χ3n) is 3.64. The summed E-state index contributed by atoms with van der Waals surface area (Å²) in [7, 11) is 0. The van der Waals surface area contributed by atoms with Gasteiger partial charge in [0, 0.05) is 18.3 Å². The molecule has 20 heavy (non-hydrogen) atoms. The summed E-state index contributed by atoms with van der Waals surface area (Å²) in [4.78, 5) is 22.5. The number of thiocarbonyl (C=S) groups is 1. The monoisotopic (exact) mass is 293 g/mol. The number of aromatic nitrogens is 2. The van der Waals surface area contributed by atoms with Crippen LogP contribution in [0.5, 0.6) is 0 Å². The zero-order valence-corrected chi connectivity index (χ0v) is 12.5. The zero-order valence-electron chi connectivity index (χ0n) is 11.7. The lowest BCUT2D eigenvalue weighted by molar-refractivity contribution is -0.122. The van der Waals surface area contributed by atoms with E-state index in [-0.39, 0.29) is 22.9 Å².